The first-order valence-electron chi connectivity index (χ1n) is 12.9. The molecule has 5 rings (SSSR count). The number of likely N-dealkylation sites (N-methyl/N-ethyl adjacent to an activating group) is 1. The highest BCUT2D eigenvalue weighted by Gasteiger charge is 2.23. The van der Waals surface area contributed by atoms with Gasteiger partial charge in [0, 0.05) is 56.8 Å². The average molecular weight is 489 g/mol. The molecule has 3 aromatic rings. The molecule has 3 heterocycles. The van der Waals surface area contributed by atoms with Gasteiger partial charge in [-0.1, -0.05) is 54.6 Å². The average Bonchev–Trinajstić information content (AvgIpc) is 3.35. The summed E-state index contributed by atoms with van der Waals surface area (Å²) in [6.45, 7) is 7.28. The zero-order valence-corrected chi connectivity index (χ0v) is 21.6. The van der Waals surface area contributed by atoms with Crippen molar-refractivity contribution < 1.29 is 4.79 Å². The number of carbonyl (C=O) groups is 1. The summed E-state index contributed by atoms with van der Waals surface area (Å²) in [5, 5.41) is 3.05. The first-order valence-corrected chi connectivity index (χ1v) is 13.8. The number of hydrogen-bond acceptors (Lipinski definition) is 5. The molecule has 0 unspecified atom stereocenters. The molecule has 5 nitrogen and oxygen atoms in total. The number of nitrogens with zero attached hydrogens (tertiary/aromatic N) is 4. The number of hydrogen-bond donors (Lipinski definition) is 0. The Labute approximate surface area is 213 Å². The van der Waals surface area contributed by atoms with Crippen LogP contribution in [0, 0.1) is 5.92 Å². The van der Waals surface area contributed by atoms with Crippen LogP contribution >= 0.6 is 11.3 Å². The van der Waals surface area contributed by atoms with Crippen molar-refractivity contribution in [1.82, 2.24) is 19.7 Å². The Morgan fingerprint density at radius 3 is 2.34 bits per heavy atom. The van der Waals surface area contributed by atoms with Crippen LogP contribution in [0.2, 0.25) is 0 Å². The highest BCUT2D eigenvalue weighted by atomic mass is 32.1. The summed E-state index contributed by atoms with van der Waals surface area (Å²) in [5.74, 6) is 0.883. The maximum atomic E-state index is 12.9. The van der Waals surface area contributed by atoms with Crippen LogP contribution in [0.15, 0.2) is 60.0 Å². The number of piperazine rings is 1. The predicted molar refractivity (Wildman–Crippen MR) is 143 cm³/mol. The minimum Gasteiger partial charge on any atom is -0.342 e. The lowest BCUT2D eigenvalue weighted by Gasteiger charge is -2.32. The molecule has 2 aromatic carbocycles. The van der Waals surface area contributed by atoms with Gasteiger partial charge >= 0.3 is 0 Å². The lowest BCUT2D eigenvalue weighted by Crippen LogP contribution is -2.43. The van der Waals surface area contributed by atoms with E-state index >= 15 is 0 Å². The lowest BCUT2D eigenvalue weighted by atomic mass is 9.90. The standard InChI is InChI=1S/C29H36N4OS/c1-31-15-17-32(18-16-31)21-25-7-9-26(10-8-25)29-30-27(22-35-29)20-28(34)33-13-11-24(12-14-33)19-23-5-3-2-4-6-23/h2-10,22,24H,11-21H2,1H3. The summed E-state index contributed by atoms with van der Waals surface area (Å²) >= 11 is 1.64. The van der Waals surface area contributed by atoms with E-state index in [1.54, 1.807) is 11.3 Å². The third kappa shape index (κ3) is 6.57. The van der Waals surface area contributed by atoms with E-state index in [-0.39, 0.29) is 5.91 Å². The summed E-state index contributed by atoms with van der Waals surface area (Å²) in [6, 6.07) is 19.5. The molecule has 184 valence electrons. The van der Waals surface area contributed by atoms with E-state index in [1.807, 2.05) is 10.3 Å². The van der Waals surface area contributed by atoms with Crippen LogP contribution < -0.4 is 0 Å². The number of aromatic nitrogens is 1. The van der Waals surface area contributed by atoms with Crippen LogP contribution in [0.3, 0.4) is 0 Å². The maximum Gasteiger partial charge on any atom is 0.228 e. The molecule has 0 aliphatic carbocycles. The molecule has 0 N–H and O–H groups in total. The van der Waals surface area contributed by atoms with Crippen LogP contribution in [0.1, 0.15) is 29.7 Å². The van der Waals surface area contributed by atoms with Gasteiger partial charge in [0.15, 0.2) is 0 Å². The monoisotopic (exact) mass is 488 g/mol. The second-order valence-electron chi connectivity index (χ2n) is 10.1. The van der Waals surface area contributed by atoms with Gasteiger partial charge in [0.2, 0.25) is 5.91 Å². The number of piperidine rings is 1. The normalized spacial score (nSPS) is 18.1. The first kappa shape index (κ1) is 24.2. The summed E-state index contributed by atoms with van der Waals surface area (Å²) in [6.07, 6.45) is 3.70. The maximum absolute atomic E-state index is 12.9. The fourth-order valence-electron chi connectivity index (χ4n) is 5.14. The summed E-state index contributed by atoms with van der Waals surface area (Å²) in [5.41, 5.74) is 4.78. The Balaban J connectivity index is 1.10. The number of amides is 1. The van der Waals surface area contributed by atoms with Gasteiger partial charge in [0.05, 0.1) is 12.1 Å². The first-order chi connectivity index (χ1) is 17.1. The van der Waals surface area contributed by atoms with Crippen molar-refractivity contribution >= 4 is 17.2 Å². The van der Waals surface area contributed by atoms with Crippen LogP contribution in [0.5, 0.6) is 0 Å². The third-order valence-electron chi connectivity index (χ3n) is 7.42. The lowest BCUT2D eigenvalue weighted by molar-refractivity contribution is -0.131. The SMILES string of the molecule is CN1CCN(Cc2ccc(-c3nc(CC(=O)N4CCC(Cc5ccccc5)CC4)cs3)cc2)CC1. The molecule has 0 spiro atoms. The van der Waals surface area contributed by atoms with Crippen LogP contribution in [-0.2, 0) is 24.2 Å². The molecule has 6 heteroatoms. The molecule has 0 bridgehead atoms. The Morgan fingerprint density at radius 2 is 1.63 bits per heavy atom. The van der Waals surface area contributed by atoms with Crippen molar-refractivity contribution in [3.63, 3.8) is 0 Å². The van der Waals surface area contributed by atoms with Gasteiger partial charge in [-0.2, -0.15) is 0 Å². The van der Waals surface area contributed by atoms with E-state index in [0.29, 0.717) is 12.3 Å². The molecular weight excluding hydrogens is 452 g/mol. The molecule has 0 radical (unpaired) electrons. The van der Waals surface area contributed by atoms with Crippen LogP contribution in [0.4, 0.5) is 0 Å². The van der Waals surface area contributed by atoms with Gasteiger partial charge < -0.3 is 9.80 Å². The van der Waals surface area contributed by atoms with E-state index < -0.39 is 0 Å². The van der Waals surface area contributed by atoms with E-state index in [2.05, 4.69) is 71.4 Å². The molecule has 0 atom stereocenters. The molecule has 2 aliphatic rings. The zero-order chi connectivity index (χ0) is 24.0. The molecule has 2 saturated heterocycles. The third-order valence-corrected chi connectivity index (χ3v) is 8.36. The fourth-order valence-corrected chi connectivity index (χ4v) is 5.96. The van der Waals surface area contributed by atoms with Gasteiger partial charge in [-0.25, -0.2) is 4.98 Å². The Morgan fingerprint density at radius 1 is 0.914 bits per heavy atom. The summed E-state index contributed by atoms with van der Waals surface area (Å²) < 4.78 is 0. The fraction of sp³-hybridized carbons (Fsp3) is 0.448. The van der Waals surface area contributed by atoms with Crippen molar-refractivity contribution in [2.45, 2.75) is 32.2 Å². The van der Waals surface area contributed by atoms with Gasteiger partial charge in [0.1, 0.15) is 5.01 Å². The minimum atomic E-state index is 0.211. The molecular formula is C29H36N4OS. The Bertz CT molecular complexity index is 1080. The molecule has 0 saturated carbocycles. The Kier molecular flexibility index (Phi) is 7.92. The van der Waals surface area contributed by atoms with Gasteiger partial charge in [-0.15, -0.1) is 11.3 Å². The predicted octanol–water partition coefficient (Wildman–Crippen LogP) is 4.58. The summed E-state index contributed by atoms with van der Waals surface area (Å²) in [7, 11) is 2.19. The number of carbonyl (C=O) groups excluding carboxylic acids is 1. The molecule has 1 aromatic heterocycles. The van der Waals surface area contributed by atoms with Gasteiger partial charge in [-0.05, 0) is 43.4 Å². The second kappa shape index (κ2) is 11.5. The Hall–Kier alpha value is -2.54. The van der Waals surface area contributed by atoms with Crippen LogP contribution in [-0.4, -0.2) is 71.9 Å². The topological polar surface area (TPSA) is 39.7 Å². The minimum absolute atomic E-state index is 0.211. The number of rotatable bonds is 7. The van der Waals surface area contributed by atoms with Crippen molar-refractivity contribution in [3.05, 3.63) is 76.8 Å². The quantitative estimate of drug-likeness (QED) is 0.488. The van der Waals surface area contributed by atoms with Crippen molar-refractivity contribution in [1.29, 1.82) is 0 Å². The molecule has 35 heavy (non-hydrogen) atoms. The van der Waals surface area contributed by atoms with Crippen molar-refractivity contribution in [2.24, 2.45) is 5.92 Å². The van der Waals surface area contributed by atoms with Gasteiger partial charge in [0.25, 0.3) is 0 Å². The largest absolute Gasteiger partial charge is 0.342 e. The number of thiazole rings is 1. The van der Waals surface area contributed by atoms with E-state index in [1.165, 1.54) is 11.1 Å². The smallest absolute Gasteiger partial charge is 0.228 e. The van der Waals surface area contributed by atoms with E-state index in [9.17, 15) is 4.79 Å². The zero-order valence-electron chi connectivity index (χ0n) is 20.7. The van der Waals surface area contributed by atoms with Gasteiger partial charge in [-0.3, -0.25) is 9.69 Å². The highest BCUT2D eigenvalue weighted by molar-refractivity contribution is 7.13. The van der Waals surface area contributed by atoms with E-state index in [4.69, 9.17) is 4.98 Å². The number of likely N-dealkylation sites (tertiary alicyclic amines) is 1. The molecule has 2 fully saturated rings. The van der Waals surface area contributed by atoms with Crippen LogP contribution in [0.25, 0.3) is 10.6 Å². The molecule has 1 amide bonds. The van der Waals surface area contributed by atoms with Crippen molar-refractivity contribution in [3.8, 4) is 10.6 Å². The van der Waals surface area contributed by atoms with Crippen molar-refractivity contribution in [2.75, 3.05) is 46.3 Å². The molecule has 2 aliphatic heterocycles. The summed E-state index contributed by atoms with van der Waals surface area (Å²) in [4.78, 5) is 24.7. The second-order valence-corrected chi connectivity index (χ2v) is 11.0. The van der Waals surface area contributed by atoms with E-state index in [0.717, 1.165) is 81.3 Å². The highest BCUT2D eigenvalue weighted by Crippen LogP contribution is 2.26. The number of benzene rings is 2.